The first-order valence-corrected chi connectivity index (χ1v) is 5.96. The second-order valence-electron chi connectivity index (χ2n) is 5.08. The summed E-state index contributed by atoms with van der Waals surface area (Å²) in [5.74, 6) is 0.529. The summed E-state index contributed by atoms with van der Waals surface area (Å²) in [7, 11) is 0. The fourth-order valence-electron chi connectivity index (χ4n) is 2.38. The number of nitrogens with one attached hydrogen (secondary N) is 1. The molecule has 4 heteroatoms. The maximum atomic E-state index is 11.9. The molecule has 2 aliphatic rings. The number of urea groups is 1. The Kier molecular flexibility index (Phi) is 3.14. The number of piperidine rings is 1. The first kappa shape index (κ1) is 10.7. The zero-order valence-electron chi connectivity index (χ0n) is 9.41. The van der Waals surface area contributed by atoms with Crippen LogP contribution in [0.5, 0.6) is 0 Å². The Balaban J connectivity index is 1.82. The minimum absolute atomic E-state index is 0.0849. The summed E-state index contributed by atoms with van der Waals surface area (Å²) in [5.41, 5.74) is 5.91. The summed E-state index contributed by atoms with van der Waals surface area (Å²) in [4.78, 5) is 13.7. The number of rotatable bonds is 1. The minimum Gasteiger partial charge on any atom is -0.335 e. The number of hydrogen-bond acceptors (Lipinski definition) is 2. The molecule has 0 radical (unpaired) electrons. The largest absolute Gasteiger partial charge is 0.335 e. The third-order valence-corrected chi connectivity index (χ3v) is 3.41. The van der Waals surface area contributed by atoms with E-state index in [9.17, 15) is 4.79 Å². The monoisotopic (exact) mass is 211 g/mol. The molecule has 0 spiro atoms. The number of hydrogen-bond donors (Lipinski definition) is 2. The summed E-state index contributed by atoms with van der Waals surface area (Å²) < 4.78 is 0. The molecule has 3 N–H and O–H groups in total. The van der Waals surface area contributed by atoms with Gasteiger partial charge in [-0.3, -0.25) is 0 Å². The molecule has 2 fully saturated rings. The van der Waals surface area contributed by atoms with Crippen LogP contribution in [0.2, 0.25) is 0 Å². The minimum atomic E-state index is 0.0849. The molecule has 86 valence electrons. The zero-order chi connectivity index (χ0) is 10.8. The molecule has 0 aromatic heterocycles. The highest BCUT2D eigenvalue weighted by Crippen LogP contribution is 2.19. The van der Waals surface area contributed by atoms with Crippen molar-refractivity contribution in [3.8, 4) is 0 Å². The Bertz CT molecular complexity index is 230. The van der Waals surface area contributed by atoms with Gasteiger partial charge in [0.1, 0.15) is 0 Å². The number of amides is 2. The molecule has 2 atom stereocenters. The van der Waals surface area contributed by atoms with Gasteiger partial charge in [0.25, 0.3) is 0 Å². The highest BCUT2D eigenvalue weighted by molar-refractivity contribution is 5.74. The van der Waals surface area contributed by atoms with E-state index in [4.69, 9.17) is 5.73 Å². The van der Waals surface area contributed by atoms with Gasteiger partial charge in [-0.1, -0.05) is 6.92 Å². The van der Waals surface area contributed by atoms with Gasteiger partial charge < -0.3 is 16.0 Å². The fourth-order valence-corrected chi connectivity index (χ4v) is 2.38. The molecule has 2 rings (SSSR count). The van der Waals surface area contributed by atoms with Gasteiger partial charge in [0, 0.05) is 25.2 Å². The van der Waals surface area contributed by atoms with E-state index < -0.39 is 0 Å². The van der Waals surface area contributed by atoms with Gasteiger partial charge in [0.05, 0.1) is 0 Å². The van der Waals surface area contributed by atoms with Crippen molar-refractivity contribution in [3.05, 3.63) is 0 Å². The number of nitrogens with two attached hydrogens (primary N) is 1. The quantitative estimate of drug-likeness (QED) is 0.677. The Morgan fingerprint density at radius 1 is 1.40 bits per heavy atom. The van der Waals surface area contributed by atoms with Crippen LogP contribution in [0, 0.1) is 5.92 Å². The third kappa shape index (κ3) is 2.62. The molecule has 1 aliphatic carbocycles. The smallest absolute Gasteiger partial charge is 0.317 e. The molecule has 1 heterocycles. The zero-order valence-corrected chi connectivity index (χ0v) is 9.41. The van der Waals surface area contributed by atoms with E-state index in [1.165, 1.54) is 6.42 Å². The van der Waals surface area contributed by atoms with Crippen LogP contribution in [0.4, 0.5) is 4.79 Å². The van der Waals surface area contributed by atoms with Crippen LogP contribution in [0.1, 0.15) is 32.6 Å². The molecule has 1 saturated heterocycles. The summed E-state index contributed by atoms with van der Waals surface area (Å²) in [6, 6.07) is 0.661. The first-order valence-electron chi connectivity index (χ1n) is 5.96. The van der Waals surface area contributed by atoms with Crippen LogP contribution in [-0.4, -0.2) is 36.1 Å². The molecule has 0 aromatic rings. The molecular weight excluding hydrogens is 190 g/mol. The van der Waals surface area contributed by atoms with Crippen molar-refractivity contribution in [2.75, 3.05) is 13.1 Å². The Labute approximate surface area is 91.2 Å². The number of carbonyl (C=O) groups excluding carboxylic acids is 1. The lowest BCUT2D eigenvalue weighted by Crippen LogP contribution is -2.54. The highest BCUT2D eigenvalue weighted by Gasteiger charge is 2.28. The molecule has 15 heavy (non-hydrogen) atoms. The maximum Gasteiger partial charge on any atom is 0.317 e. The van der Waals surface area contributed by atoms with Crippen molar-refractivity contribution < 1.29 is 4.79 Å². The first-order chi connectivity index (χ1) is 7.15. The molecule has 1 aliphatic heterocycles. The van der Waals surface area contributed by atoms with Gasteiger partial charge >= 0.3 is 6.03 Å². The van der Waals surface area contributed by atoms with Crippen LogP contribution in [0.15, 0.2) is 0 Å². The molecule has 2 unspecified atom stereocenters. The normalized spacial score (nSPS) is 32.3. The van der Waals surface area contributed by atoms with Crippen molar-refractivity contribution in [1.82, 2.24) is 10.2 Å². The molecule has 4 nitrogen and oxygen atoms in total. The van der Waals surface area contributed by atoms with E-state index in [-0.39, 0.29) is 12.1 Å². The lowest BCUT2D eigenvalue weighted by molar-refractivity contribution is 0.152. The van der Waals surface area contributed by atoms with E-state index in [1.807, 2.05) is 4.90 Å². The van der Waals surface area contributed by atoms with E-state index in [2.05, 4.69) is 12.2 Å². The summed E-state index contributed by atoms with van der Waals surface area (Å²) in [6.07, 6.45) is 4.57. The van der Waals surface area contributed by atoms with Crippen LogP contribution in [0.3, 0.4) is 0 Å². The van der Waals surface area contributed by atoms with E-state index in [0.717, 1.165) is 25.8 Å². The van der Waals surface area contributed by atoms with Crippen molar-refractivity contribution >= 4 is 6.03 Å². The van der Waals surface area contributed by atoms with Crippen molar-refractivity contribution in [2.45, 2.75) is 44.7 Å². The van der Waals surface area contributed by atoms with Gasteiger partial charge in [0.15, 0.2) is 0 Å². The number of carbonyl (C=O) groups is 1. The molecular formula is C11H21N3O. The maximum absolute atomic E-state index is 11.9. The van der Waals surface area contributed by atoms with E-state index in [1.54, 1.807) is 0 Å². The number of nitrogens with zero attached hydrogens (tertiary/aromatic N) is 1. The van der Waals surface area contributed by atoms with Crippen molar-refractivity contribution in [1.29, 1.82) is 0 Å². The molecule has 2 amide bonds. The van der Waals surface area contributed by atoms with Crippen LogP contribution >= 0.6 is 0 Å². The van der Waals surface area contributed by atoms with Gasteiger partial charge in [0.2, 0.25) is 0 Å². The van der Waals surface area contributed by atoms with E-state index >= 15 is 0 Å². The average Bonchev–Trinajstić information content (AvgIpc) is 2.09. The van der Waals surface area contributed by atoms with Gasteiger partial charge in [-0.2, -0.15) is 0 Å². The number of likely N-dealkylation sites (tertiary alicyclic amines) is 1. The summed E-state index contributed by atoms with van der Waals surface area (Å²) in [5, 5.41) is 3.06. The average molecular weight is 211 g/mol. The third-order valence-electron chi connectivity index (χ3n) is 3.41. The summed E-state index contributed by atoms with van der Waals surface area (Å²) in [6.45, 7) is 3.72. The lowest BCUT2D eigenvalue weighted by Gasteiger charge is -2.37. The van der Waals surface area contributed by atoms with E-state index in [0.29, 0.717) is 18.5 Å². The Morgan fingerprint density at radius 3 is 2.67 bits per heavy atom. The second-order valence-corrected chi connectivity index (χ2v) is 5.08. The van der Waals surface area contributed by atoms with Crippen molar-refractivity contribution in [3.63, 3.8) is 0 Å². The molecule has 1 saturated carbocycles. The fraction of sp³-hybridized carbons (Fsp3) is 0.909. The Hall–Kier alpha value is -0.770. The van der Waals surface area contributed by atoms with Crippen LogP contribution in [0.25, 0.3) is 0 Å². The molecule has 0 bridgehead atoms. The standard InChI is InChI=1S/C11H21N3O/c1-8-5-9(12)7-14(6-8)11(15)13-10-3-2-4-10/h8-10H,2-7,12H2,1H3,(H,13,15). The van der Waals surface area contributed by atoms with Gasteiger partial charge in [-0.25, -0.2) is 4.79 Å². The van der Waals surface area contributed by atoms with Gasteiger partial charge in [-0.05, 0) is 31.6 Å². The predicted molar refractivity (Wildman–Crippen MR) is 59.5 cm³/mol. The van der Waals surface area contributed by atoms with Crippen molar-refractivity contribution in [2.24, 2.45) is 11.7 Å². The topological polar surface area (TPSA) is 58.4 Å². The lowest BCUT2D eigenvalue weighted by atomic mass is 9.93. The highest BCUT2D eigenvalue weighted by atomic mass is 16.2. The SMILES string of the molecule is CC1CC(N)CN(C(=O)NC2CCC2)C1. The molecule has 0 aromatic carbocycles. The summed E-state index contributed by atoms with van der Waals surface area (Å²) >= 11 is 0. The van der Waals surface area contributed by atoms with Crippen LogP contribution in [-0.2, 0) is 0 Å². The predicted octanol–water partition coefficient (Wildman–Crippen LogP) is 0.918. The second kappa shape index (κ2) is 4.39. The Morgan fingerprint density at radius 2 is 2.13 bits per heavy atom. The van der Waals surface area contributed by atoms with Gasteiger partial charge in [-0.15, -0.1) is 0 Å². The van der Waals surface area contributed by atoms with Crippen LogP contribution < -0.4 is 11.1 Å².